The fourth-order valence-corrected chi connectivity index (χ4v) is 2.76. The Morgan fingerprint density at radius 1 is 1.05 bits per heavy atom. The molecule has 0 atom stereocenters. The zero-order valence-corrected chi connectivity index (χ0v) is 13.4. The van der Waals surface area contributed by atoms with Crippen molar-refractivity contribution in [1.29, 1.82) is 0 Å². The molecule has 1 N–H and O–H groups in total. The minimum absolute atomic E-state index is 0.0136. The number of rotatable bonds is 0. The lowest BCUT2D eigenvalue weighted by molar-refractivity contribution is 0.480. The lowest BCUT2D eigenvalue weighted by atomic mass is 10.2. The third-order valence-corrected chi connectivity index (χ3v) is 3.61. The zero-order chi connectivity index (χ0) is 14.0. The van der Waals surface area contributed by atoms with Crippen LogP contribution in [-0.4, -0.2) is 15.1 Å². The summed E-state index contributed by atoms with van der Waals surface area (Å²) in [6, 6.07) is 9.22. The van der Waals surface area contributed by atoms with Crippen LogP contribution < -0.4 is 0 Å². The summed E-state index contributed by atoms with van der Waals surface area (Å²) < 4.78 is 0.874. The van der Waals surface area contributed by atoms with Crippen molar-refractivity contribution in [2.45, 2.75) is 13.8 Å². The normalized spacial score (nSPS) is 10.3. The van der Waals surface area contributed by atoms with Crippen LogP contribution in [0.2, 0.25) is 5.02 Å². The molecule has 0 aliphatic carbocycles. The highest BCUT2D eigenvalue weighted by atomic mass is 127. The first-order valence-electron chi connectivity index (χ1n) is 5.90. The molecule has 5 heteroatoms. The van der Waals surface area contributed by atoms with E-state index in [4.69, 9.17) is 11.6 Å². The number of phenols is 1. The molecule has 0 aliphatic rings. The fraction of sp³-hybridized carbons (Fsp3) is 0.143. The second kappa shape index (κ2) is 5.88. The molecule has 3 rings (SSSR count). The molecule has 98 valence electrons. The molecule has 0 amide bonds. The van der Waals surface area contributed by atoms with Crippen LogP contribution in [0, 0.1) is 3.57 Å². The Hall–Kier alpha value is -1.14. The van der Waals surface area contributed by atoms with E-state index in [0.29, 0.717) is 16.1 Å². The van der Waals surface area contributed by atoms with Crippen LogP contribution in [-0.2, 0) is 0 Å². The predicted molar refractivity (Wildman–Crippen MR) is 87.8 cm³/mol. The van der Waals surface area contributed by atoms with Crippen LogP contribution in [0.25, 0.3) is 22.1 Å². The van der Waals surface area contributed by atoms with Crippen LogP contribution in [0.4, 0.5) is 0 Å². The molecular weight excluding hydrogens is 375 g/mol. The molecule has 1 aromatic heterocycles. The van der Waals surface area contributed by atoms with Gasteiger partial charge in [-0.3, -0.25) is 0 Å². The minimum Gasteiger partial charge on any atom is -0.504 e. The van der Waals surface area contributed by atoms with E-state index in [-0.39, 0.29) is 5.75 Å². The van der Waals surface area contributed by atoms with Crippen molar-refractivity contribution in [3.05, 3.63) is 38.9 Å². The van der Waals surface area contributed by atoms with Crippen LogP contribution in [0.3, 0.4) is 0 Å². The van der Waals surface area contributed by atoms with Gasteiger partial charge in [0.2, 0.25) is 0 Å². The van der Waals surface area contributed by atoms with Gasteiger partial charge in [-0.25, -0.2) is 9.97 Å². The smallest absolute Gasteiger partial charge is 0.162 e. The number of halogens is 2. The van der Waals surface area contributed by atoms with Crippen molar-refractivity contribution in [3.63, 3.8) is 0 Å². The molecule has 3 nitrogen and oxygen atoms in total. The van der Waals surface area contributed by atoms with Gasteiger partial charge in [0, 0.05) is 3.57 Å². The van der Waals surface area contributed by atoms with Crippen molar-refractivity contribution in [2.24, 2.45) is 0 Å². The molecule has 1 heterocycles. The number of aromatic hydroxyl groups is 1. The van der Waals surface area contributed by atoms with Crippen LogP contribution >= 0.6 is 34.2 Å². The molecule has 0 saturated carbocycles. The Morgan fingerprint density at radius 2 is 1.58 bits per heavy atom. The minimum atomic E-state index is -0.0136. The fourth-order valence-electron chi connectivity index (χ4n) is 1.69. The molecule has 0 aliphatic heterocycles. The molecule has 3 aromatic rings. The SMILES string of the molecule is CC.Oc1c(Cl)cc(I)c2nc3ccccc3nc12. The molecule has 0 fully saturated rings. The number of aromatic nitrogens is 2. The van der Waals surface area contributed by atoms with Crippen molar-refractivity contribution >= 4 is 56.3 Å². The summed E-state index contributed by atoms with van der Waals surface area (Å²) in [5.41, 5.74) is 2.67. The van der Waals surface area contributed by atoms with Crippen LogP contribution in [0.5, 0.6) is 5.75 Å². The highest BCUT2D eigenvalue weighted by molar-refractivity contribution is 14.1. The van der Waals surface area contributed by atoms with Gasteiger partial charge in [0.1, 0.15) is 11.0 Å². The maximum atomic E-state index is 9.90. The Bertz CT molecular complexity index is 746. The van der Waals surface area contributed by atoms with Gasteiger partial charge in [-0.05, 0) is 40.8 Å². The summed E-state index contributed by atoms with van der Waals surface area (Å²) in [7, 11) is 0. The standard InChI is InChI=1S/C12H6ClIN2O.C2H6/c13-6-5-7(14)10-11(12(6)17)16-9-4-2-1-3-8(9)15-10;1-2/h1-5,17H;1-2H3. The largest absolute Gasteiger partial charge is 0.504 e. The molecule has 0 radical (unpaired) electrons. The maximum Gasteiger partial charge on any atom is 0.162 e. The maximum absolute atomic E-state index is 9.90. The summed E-state index contributed by atoms with van der Waals surface area (Å²) in [5.74, 6) is -0.0136. The highest BCUT2D eigenvalue weighted by Gasteiger charge is 2.12. The second-order valence-electron chi connectivity index (χ2n) is 3.60. The third-order valence-electron chi connectivity index (χ3n) is 2.50. The molecular formula is C14H12ClIN2O. The first kappa shape index (κ1) is 14.3. The Morgan fingerprint density at radius 3 is 2.16 bits per heavy atom. The van der Waals surface area contributed by atoms with Crippen molar-refractivity contribution in [3.8, 4) is 5.75 Å². The average Bonchev–Trinajstić information content (AvgIpc) is 2.45. The number of hydrogen-bond donors (Lipinski definition) is 1. The van der Waals surface area contributed by atoms with Crippen LogP contribution in [0.15, 0.2) is 30.3 Å². The van der Waals surface area contributed by atoms with E-state index in [2.05, 4.69) is 32.6 Å². The van der Waals surface area contributed by atoms with Gasteiger partial charge in [0.05, 0.1) is 16.1 Å². The Balaban J connectivity index is 0.000000637. The lowest BCUT2D eigenvalue weighted by Crippen LogP contribution is -1.90. The average molecular weight is 387 g/mol. The second-order valence-corrected chi connectivity index (χ2v) is 5.17. The number of hydrogen-bond acceptors (Lipinski definition) is 3. The van der Waals surface area contributed by atoms with E-state index in [1.165, 1.54) is 0 Å². The van der Waals surface area contributed by atoms with Gasteiger partial charge >= 0.3 is 0 Å². The Labute approximate surface area is 129 Å². The van der Waals surface area contributed by atoms with Gasteiger partial charge < -0.3 is 5.11 Å². The van der Waals surface area contributed by atoms with E-state index in [1.54, 1.807) is 6.07 Å². The molecule has 0 unspecified atom stereocenters. The lowest BCUT2D eigenvalue weighted by Gasteiger charge is -2.05. The van der Waals surface area contributed by atoms with Gasteiger partial charge in [0.25, 0.3) is 0 Å². The predicted octanol–water partition coefficient (Wildman–Crippen LogP) is 4.77. The zero-order valence-electron chi connectivity index (χ0n) is 10.5. The summed E-state index contributed by atoms with van der Waals surface area (Å²) in [5, 5.41) is 10.2. The molecule has 0 saturated heterocycles. The number of benzene rings is 2. The van der Waals surface area contributed by atoms with Crippen molar-refractivity contribution in [1.82, 2.24) is 9.97 Å². The van der Waals surface area contributed by atoms with E-state index < -0.39 is 0 Å². The van der Waals surface area contributed by atoms with E-state index in [1.807, 2.05) is 38.1 Å². The summed E-state index contributed by atoms with van der Waals surface area (Å²) >= 11 is 8.06. The van der Waals surface area contributed by atoms with Gasteiger partial charge in [-0.1, -0.05) is 37.6 Å². The monoisotopic (exact) mass is 386 g/mol. The summed E-state index contributed by atoms with van der Waals surface area (Å²) in [4.78, 5) is 8.89. The molecule has 0 spiro atoms. The Kier molecular flexibility index (Phi) is 4.42. The quantitative estimate of drug-likeness (QED) is 0.447. The first-order valence-corrected chi connectivity index (χ1v) is 7.36. The third kappa shape index (κ3) is 2.60. The highest BCUT2D eigenvalue weighted by Crippen LogP contribution is 2.34. The van der Waals surface area contributed by atoms with E-state index in [9.17, 15) is 5.11 Å². The molecule has 0 bridgehead atoms. The van der Waals surface area contributed by atoms with Crippen molar-refractivity contribution in [2.75, 3.05) is 0 Å². The summed E-state index contributed by atoms with van der Waals surface area (Å²) in [6.07, 6.45) is 0. The van der Waals surface area contributed by atoms with Crippen LogP contribution in [0.1, 0.15) is 13.8 Å². The van der Waals surface area contributed by atoms with E-state index in [0.717, 1.165) is 14.6 Å². The topological polar surface area (TPSA) is 46.0 Å². The van der Waals surface area contributed by atoms with Gasteiger partial charge in [-0.2, -0.15) is 0 Å². The number of para-hydroxylation sites is 2. The first-order chi connectivity index (χ1) is 9.16. The van der Waals surface area contributed by atoms with Gasteiger partial charge in [-0.15, -0.1) is 0 Å². The molecule has 2 aromatic carbocycles. The number of phenolic OH excluding ortho intramolecular Hbond substituents is 1. The van der Waals surface area contributed by atoms with Crippen molar-refractivity contribution < 1.29 is 5.11 Å². The summed E-state index contributed by atoms with van der Waals surface area (Å²) in [6.45, 7) is 4.00. The van der Waals surface area contributed by atoms with Gasteiger partial charge in [0.15, 0.2) is 5.75 Å². The number of nitrogens with zero attached hydrogens (tertiary/aromatic N) is 2. The van der Waals surface area contributed by atoms with E-state index >= 15 is 0 Å². The molecule has 19 heavy (non-hydrogen) atoms. The number of fused-ring (bicyclic) bond motifs is 2.